The van der Waals surface area contributed by atoms with Crippen molar-refractivity contribution in [2.75, 3.05) is 14.2 Å². The number of rotatable bonds is 4. The van der Waals surface area contributed by atoms with E-state index in [0.29, 0.717) is 17.9 Å². The number of ether oxygens (including phenoxy) is 2. The van der Waals surface area contributed by atoms with Gasteiger partial charge in [-0.25, -0.2) is 4.39 Å². The van der Waals surface area contributed by atoms with E-state index in [9.17, 15) is 4.39 Å². The van der Waals surface area contributed by atoms with Crippen LogP contribution in [0.15, 0.2) is 48.7 Å². The standard InChI is InChI=1S/C17H16FNO2/c1-20-13-9-16-14(17(10-13)21-2)7-8-19(16)11-12-5-3-4-6-15(12)18/h3-10H,11H2,1-2H3. The molecule has 21 heavy (non-hydrogen) atoms. The molecule has 0 spiro atoms. The average molecular weight is 285 g/mol. The molecule has 3 nitrogen and oxygen atoms in total. The molecule has 0 N–H and O–H groups in total. The number of fused-ring (bicyclic) bond motifs is 1. The molecule has 2 aromatic carbocycles. The van der Waals surface area contributed by atoms with E-state index in [0.717, 1.165) is 16.7 Å². The third-order valence-corrected chi connectivity index (χ3v) is 3.58. The van der Waals surface area contributed by atoms with Crippen LogP contribution in [0.1, 0.15) is 5.56 Å². The number of hydrogen-bond donors (Lipinski definition) is 0. The zero-order valence-electron chi connectivity index (χ0n) is 12.0. The number of halogens is 1. The van der Waals surface area contributed by atoms with E-state index in [2.05, 4.69) is 0 Å². The lowest BCUT2D eigenvalue weighted by atomic mass is 10.2. The molecule has 0 amide bonds. The third kappa shape index (κ3) is 2.44. The predicted molar refractivity (Wildman–Crippen MR) is 80.5 cm³/mol. The Hall–Kier alpha value is -2.49. The molecule has 1 aromatic heterocycles. The Morgan fingerprint density at radius 1 is 1.05 bits per heavy atom. The summed E-state index contributed by atoms with van der Waals surface area (Å²) in [6, 6.07) is 12.5. The lowest BCUT2D eigenvalue weighted by molar-refractivity contribution is 0.398. The minimum Gasteiger partial charge on any atom is -0.497 e. The number of hydrogen-bond acceptors (Lipinski definition) is 2. The summed E-state index contributed by atoms with van der Waals surface area (Å²) in [5.74, 6) is 1.26. The molecule has 0 aliphatic heterocycles. The lowest BCUT2D eigenvalue weighted by Gasteiger charge is -2.10. The van der Waals surface area contributed by atoms with Gasteiger partial charge in [0.05, 0.1) is 26.3 Å². The first-order chi connectivity index (χ1) is 10.2. The molecule has 4 heteroatoms. The van der Waals surface area contributed by atoms with Crippen molar-refractivity contribution in [2.45, 2.75) is 6.54 Å². The van der Waals surface area contributed by atoms with Gasteiger partial charge < -0.3 is 14.0 Å². The van der Waals surface area contributed by atoms with Crippen LogP contribution in [0.4, 0.5) is 4.39 Å². The summed E-state index contributed by atoms with van der Waals surface area (Å²) in [6.45, 7) is 0.465. The topological polar surface area (TPSA) is 23.4 Å². The maximum atomic E-state index is 13.8. The predicted octanol–water partition coefficient (Wildman–Crippen LogP) is 3.85. The first kappa shape index (κ1) is 13.5. The highest BCUT2D eigenvalue weighted by Gasteiger charge is 2.10. The molecular weight excluding hydrogens is 269 g/mol. The van der Waals surface area contributed by atoms with Gasteiger partial charge in [0.15, 0.2) is 0 Å². The van der Waals surface area contributed by atoms with E-state index in [1.54, 1.807) is 26.4 Å². The van der Waals surface area contributed by atoms with Crippen LogP contribution in [0.2, 0.25) is 0 Å². The minimum absolute atomic E-state index is 0.200. The van der Waals surface area contributed by atoms with Crippen LogP contribution in [0.25, 0.3) is 10.9 Å². The van der Waals surface area contributed by atoms with Gasteiger partial charge >= 0.3 is 0 Å². The first-order valence-corrected chi connectivity index (χ1v) is 6.67. The summed E-state index contributed by atoms with van der Waals surface area (Å²) in [5.41, 5.74) is 1.60. The van der Waals surface area contributed by atoms with Crippen molar-refractivity contribution < 1.29 is 13.9 Å². The van der Waals surface area contributed by atoms with Gasteiger partial charge in [-0.1, -0.05) is 18.2 Å². The Bertz CT molecular complexity index is 780. The van der Waals surface area contributed by atoms with Gasteiger partial charge in [-0.3, -0.25) is 0 Å². The summed E-state index contributed by atoms with van der Waals surface area (Å²) in [7, 11) is 3.24. The van der Waals surface area contributed by atoms with E-state index < -0.39 is 0 Å². The molecule has 0 unspecified atom stereocenters. The fraction of sp³-hybridized carbons (Fsp3) is 0.176. The summed E-state index contributed by atoms with van der Waals surface area (Å²) in [5, 5.41) is 0.981. The first-order valence-electron chi connectivity index (χ1n) is 6.67. The Balaban J connectivity index is 2.09. The SMILES string of the molecule is COc1cc(OC)c2ccn(Cc3ccccc3F)c2c1. The second kappa shape index (κ2) is 5.48. The molecule has 1 heterocycles. The largest absolute Gasteiger partial charge is 0.497 e. The Kier molecular flexibility index (Phi) is 3.52. The molecule has 0 radical (unpaired) electrons. The van der Waals surface area contributed by atoms with Gasteiger partial charge in [-0.05, 0) is 12.1 Å². The van der Waals surface area contributed by atoms with Crippen molar-refractivity contribution >= 4 is 10.9 Å². The quantitative estimate of drug-likeness (QED) is 0.727. The number of benzene rings is 2. The summed E-state index contributed by atoms with van der Waals surface area (Å²) in [4.78, 5) is 0. The summed E-state index contributed by atoms with van der Waals surface area (Å²) in [6.07, 6.45) is 1.93. The van der Waals surface area contributed by atoms with Crippen molar-refractivity contribution in [1.29, 1.82) is 0 Å². The second-order valence-electron chi connectivity index (χ2n) is 4.80. The highest BCUT2D eigenvalue weighted by molar-refractivity contribution is 5.88. The van der Waals surface area contributed by atoms with Crippen LogP contribution in [0, 0.1) is 5.82 Å². The Morgan fingerprint density at radius 3 is 2.57 bits per heavy atom. The molecule has 3 rings (SSSR count). The van der Waals surface area contributed by atoms with Crippen molar-refractivity contribution in [2.24, 2.45) is 0 Å². The van der Waals surface area contributed by atoms with Crippen LogP contribution in [0.3, 0.4) is 0 Å². The molecule has 0 fully saturated rings. The van der Waals surface area contributed by atoms with E-state index in [4.69, 9.17) is 9.47 Å². The Morgan fingerprint density at radius 2 is 1.86 bits per heavy atom. The van der Waals surface area contributed by atoms with Gasteiger partial charge in [0.25, 0.3) is 0 Å². The molecule has 0 atom stereocenters. The smallest absolute Gasteiger partial charge is 0.131 e. The monoisotopic (exact) mass is 285 g/mol. The van der Waals surface area contributed by atoms with Crippen molar-refractivity contribution in [3.8, 4) is 11.5 Å². The van der Waals surface area contributed by atoms with Gasteiger partial charge in [-0.15, -0.1) is 0 Å². The zero-order valence-corrected chi connectivity index (χ0v) is 12.0. The fourth-order valence-electron chi connectivity index (χ4n) is 2.47. The maximum absolute atomic E-state index is 13.8. The van der Waals surface area contributed by atoms with E-state index in [1.807, 2.05) is 35.0 Å². The second-order valence-corrected chi connectivity index (χ2v) is 4.80. The Labute approximate surface area is 122 Å². The molecule has 0 bridgehead atoms. The average Bonchev–Trinajstić information content (AvgIpc) is 2.91. The van der Waals surface area contributed by atoms with Crippen LogP contribution < -0.4 is 9.47 Å². The van der Waals surface area contributed by atoms with Gasteiger partial charge in [0.1, 0.15) is 17.3 Å². The van der Waals surface area contributed by atoms with Gasteiger partial charge in [0, 0.05) is 29.3 Å². The molecule has 0 saturated heterocycles. The van der Waals surface area contributed by atoms with Gasteiger partial charge in [0.2, 0.25) is 0 Å². The third-order valence-electron chi connectivity index (χ3n) is 3.58. The number of methoxy groups -OCH3 is 2. The molecule has 3 aromatic rings. The van der Waals surface area contributed by atoms with Crippen molar-refractivity contribution in [3.05, 3.63) is 60.0 Å². The van der Waals surface area contributed by atoms with E-state index in [1.165, 1.54) is 6.07 Å². The summed E-state index contributed by atoms with van der Waals surface area (Å²) >= 11 is 0. The highest BCUT2D eigenvalue weighted by Crippen LogP contribution is 2.32. The fourth-order valence-corrected chi connectivity index (χ4v) is 2.47. The van der Waals surface area contributed by atoms with E-state index >= 15 is 0 Å². The molecular formula is C17H16FNO2. The number of aromatic nitrogens is 1. The van der Waals surface area contributed by atoms with Crippen LogP contribution >= 0.6 is 0 Å². The minimum atomic E-state index is -0.200. The van der Waals surface area contributed by atoms with Crippen LogP contribution in [-0.2, 0) is 6.54 Å². The highest BCUT2D eigenvalue weighted by atomic mass is 19.1. The van der Waals surface area contributed by atoms with Crippen molar-refractivity contribution in [3.63, 3.8) is 0 Å². The maximum Gasteiger partial charge on any atom is 0.131 e. The number of nitrogens with zero attached hydrogens (tertiary/aromatic N) is 1. The van der Waals surface area contributed by atoms with Crippen LogP contribution in [0.5, 0.6) is 11.5 Å². The van der Waals surface area contributed by atoms with E-state index in [-0.39, 0.29) is 5.82 Å². The molecule has 0 saturated carbocycles. The lowest BCUT2D eigenvalue weighted by Crippen LogP contribution is -2.00. The zero-order chi connectivity index (χ0) is 14.8. The molecule has 0 aliphatic rings. The molecule has 0 aliphatic carbocycles. The summed E-state index contributed by atoms with van der Waals surface area (Å²) < 4.78 is 26.5. The normalized spacial score (nSPS) is 10.8. The van der Waals surface area contributed by atoms with Crippen LogP contribution in [-0.4, -0.2) is 18.8 Å². The van der Waals surface area contributed by atoms with Crippen molar-refractivity contribution in [1.82, 2.24) is 4.57 Å². The molecule has 108 valence electrons. The van der Waals surface area contributed by atoms with Gasteiger partial charge in [-0.2, -0.15) is 0 Å².